The standard InChI is InChI=1S/C18H27N5O2/c1-14-5-3-7-20-15(14)13-21-18(19-2)23-10-8-22(9-11-23)17(24)16-6-4-12-25-16/h3,5,7,16H,4,6,8-13H2,1-2H3,(H,19,21). The van der Waals surface area contributed by atoms with Crippen LogP contribution in [0.15, 0.2) is 23.3 Å². The van der Waals surface area contributed by atoms with Crippen LogP contribution < -0.4 is 5.32 Å². The van der Waals surface area contributed by atoms with E-state index in [-0.39, 0.29) is 12.0 Å². The Balaban J connectivity index is 1.50. The van der Waals surface area contributed by atoms with Crippen LogP contribution in [0.2, 0.25) is 0 Å². The molecule has 1 unspecified atom stereocenters. The molecule has 7 nitrogen and oxygen atoms in total. The van der Waals surface area contributed by atoms with Crippen LogP contribution in [-0.4, -0.2) is 72.6 Å². The molecule has 2 saturated heterocycles. The predicted octanol–water partition coefficient (Wildman–Crippen LogP) is 0.789. The van der Waals surface area contributed by atoms with Gasteiger partial charge in [0.05, 0.1) is 12.2 Å². The first-order chi connectivity index (χ1) is 12.2. The molecular formula is C18H27N5O2. The number of aryl methyl sites for hydroxylation is 1. The fourth-order valence-corrected chi connectivity index (χ4v) is 3.31. The minimum absolute atomic E-state index is 0.143. The summed E-state index contributed by atoms with van der Waals surface area (Å²) < 4.78 is 5.51. The Morgan fingerprint density at radius 1 is 1.36 bits per heavy atom. The van der Waals surface area contributed by atoms with Crippen LogP contribution in [0, 0.1) is 6.92 Å². The molecule has 2 aliphatic rings. The van der Waals surface area contributed by atoms with E-state index in [4.69, 9.17) is 4.74 Å². The molecular weight excluding hydrogens is 318 g/mol. The second kappa shape index (κ2) is 8.29. The number of aliphatic imine (C=N–C) groups is 1. The summed E-state index contributed by atoms with van der Waals surface area (Å²) in [5.74, 6) is 0.999. The Hall–Kier alpha value is -2.15. The maximum Gasteiger partial charge on any atom is 0.251 e. The van der Waals surface area contributed by atoms with E-state index in [0.29, 0.717) is 26.2 Å². The van der Waals surface area contributed by atoms with Crippen LogP contribution in [0.4, 0.5) is 0 Å². The second-order valence-corrected chi connectivity index (χ2v) is 6.48. The first-order valence-electron chi connectivity index (χ1n) is 8.95. The number of hydrogen-bond donors (Lipinski definition) is 1. The van der Waals surface area contributed by atoms with Gasteiger partial charge in [-0.15, -0.1) is 0 Å². The number of guanidine groups is 1. The van der Waals surface area contributed by atoms with Crippen LogP contribution in [0.5, 0.6) is 0 Å². The summed E-state index contributed by atoms with van der Waals surface area (Å²) in [7, 11) is 1.79. The van der Waals surface area contributed by atoms with Gasteiger partial charge in [0.2, 0.25) is 0 Å². The molecule has 25 heavy (non-hydrogen) atoms. The van der Waals surface area contributed by atoms with Crippen LogP contribution in [-0.2, 0) is 16.1 Å². The van der Waals surface area contributed by atoms with Crippen molar-refractivity contribution in [3.63, 3.8) is 0 Å². The lowest BCUT2D eigenvalue weighted by Gasteiger charge is -2.37. The Labute approximate surface area is 149 Å². The average Bonchev–Trinajstić information content (AvgIpc) is 3.18. The Morgan fingerprint density at radius 3 is 2.76 bits per heavy atom. The van der Waals surface area contributed by atoms with E-state index in [1.54, 1.807) is 7.05 Å². The van der Waals surface area contributed by atoms with Crippen molar-refractivity contribution in [3.8, 4) is 0 Å². The van der Waals surface area contributed by atoms with Crippen molar-refractivity contribution >= 4 is 11.9 Å². The van der Waals surface area contributed by atoms with Gasteiger partial charge in [-0.2, -0.15) is 0 Å². The van der Waals surface area contributed by atoms with Gasteiger partial charge < -0.3 is 19.9 Å². The zero-order chi connectivity index (χ0) is 17.6. The smallest absolute Gasteiger partial charge is 0.251 e. The van der Waals surface area contributed by atoms with Gasteiger partial charge in [0.15, 0.2) is 5.96 Å². The average molecular weight is 345 g/mol. The van der Waals surface area contributed by atoms with Gasteiger partial charge in [0.1, 0.15) is 6.10 Å². The van der Waals surface area contributed by atoms with E-state index in [0.717, 1.165) is 43.1 Å². The van der Waals surface area contributed by atoms with Gasteiger partial charge in [0, 0.05) is 46.0 Å². The van der Waals surface area contributed by atoms with Gasteiger partial charge in [-0.25, -0.2) is 0 Å². The highest BCUT2D eigenvalue weighted by atomic mass is 16.5. The number of pyridine rings is 1. The molecule has 2 aliphatic heterocycles. The molecule has 1 amide bonds. The number of aromatic nitrogens is 1. The van der Waals surface area contributed by atoms with E-state index in [2.05, 4.69) is 33.2 Å². The first-order valence-corrected chi connectivity index (χ1v) is 8.95. The lowest BCUT2D eigenvalue weighted by atomic mass is 10.2. The number of nitrogens with one attached hydrogen (secondary N) is 1. The molecule has 0 saturated carbocycles. The zero-order valence-electron chi connectivity index (χ0n) is 15.1. The first kappa shape index (κ1) is 17.7. The molecule has 1 N–H and O–H groups in total. The van der Waals surface area contributed by atoms with Crippen LogP contribution in [0.1, 0.15) is 24.1 Å². The van der Waals surface area contributed by atoms with Gasteiger partial charge >= 0.3 is 0 Å². The second-order valence-electron chi connectivity index (χ2n) is 6.48. The normalized spacial score (nSPS) is 21.5. The molecule has 0 aliphatic carbocycles. The maximum absolute atomic E-state index is 12.4. The van der Waals surface area contributed by atoms with Crippen molar-refractivity contribution < 1.29 is 9.53 Å². The van der Waals surface area contributed by atoms with Crippen molar-refractivity contribution in [1.82, 2.24) is 20.1 Å². The minimum Gasteiger partial charge on any atom is -0.368 e. The summed E-state index contributed by atoms with van der Waals surface area (Å²) >= 11 is 0. The van der Waals surface area contributed by atoms with Crippen molar-refractivity contribution in [2.24, 2.45) is 4.99 Å². The number of nitrogens with zero attached hydrogens (tertiary/aromatic N) is 4. The van der Waals surface area contributed by atoms with Crippen LogP contribution >= 0.6 is 0 Å². The van der Waals surface area contributed by atoms with Crippen molar-refractivity contribution in [2.75, 3.05) is 39.8 Å². The third-order valence-corrected chi connectivity index (χ3v) is 4.84. The molecule has 0 bridgehead atoms. The SMILES string of the molecule is CN=C(NCc1ncccc1C)N1CCN(C(=O)C2CCCO2)CC1. The van der Waals surface area contributed by atoms with Crippen molar-refractivity contribution in [3.05, 3.63) is 29.6 Å². The molecule has 0 aromatic carbocycles. The zero-order valence-corrected chi connectivity index (χ0v) is 15.1. The monoisotopic (exact) mass is 345 g/mol. The Morgan fingerprint density at radius 2 is 2.12 bits per heavy atom. The van der Waals surface area contributed by atoms with Crippen molar-refractivity contribution in [1.29, 1.82) is 0 Å². The van der Waals surface area contributed by atoms with Gasteiger partial charge in [-0.3, -0.25) is 14.8 Å². The molecule has 7 heteroatoms. The predicted molar refractivity (Wildman–Crippen MR) is 96.3 cm³/mol. The molecule has 0 radical (unpaired) electrons. The highest BCUT2D eigenvalue weighted by molar-refractivity contribution is 5.82. The minimum atomic E-state index is -0.226. The Kier molecular flexibility index (Phi) is 5.86. The lowest BCUT2D eigenvalue weighted by Crippen LogP contribution is -2.55. The summed E-state index contributed by atoms with van der Waals surface area (Å²) in [6, 6.07) is 4.00. The van der Waals surface area contributed by atoms with Gasteiger partial charge in [-0.05, 0) is 31.4 Å². The summed E-state index contributed by atoms with van der Waals surface area (Å²) in [5, 5.41) is 3.38. The highest BCUT2D eigenvalue weighted by Gasteiger charge is 2.30. The molecule has 3 rings (SSSR count). The molecule has 3 heterocycles. The summed E-state index contributed by atoms with van der Waals surface area (Å²) in [6.45, 7) is 6.39. The molecule has 1 aromatic rings. The summed E-state index contributed by atoms with van der Waals surface area (Å²) in [6.07, 6.45) is 3.42. The highest BCUT2D eigenvalue weighted by Crippen LogP contribution is 2.16. The number of amides is 1. The van der Waals surface area contributed by atoms with E-state index < -0.39 is 0 Å². The quantitative estimate of drug-likeness (QED) is 0.648. The number of carbonyl (C=O) groups excluding carboxylic acids is 1. The van der Waals surface area contributed by atoms with E-state index >= 15 is 0 Å². The molecule has 136 valence electrons. The fraction of sp³-hybridized carbons (Fsp3) is 0.611. The number of carbonyl (C=O) groups is 1. The van der Waals surface area contributed by atoms with E-state index in [1.807, 2.05) is 17.2 Å². The topological polar surface area (TPSA) is 70.1 Å². The summed E-state index contributed by atoms with van der Waals surface area (Å²) in [5.41, 5.74) is 2.19. The van der Waals surface area contributed by atoms with E-state index in [1.165, 1.54) is 0 Å². The third kappa shape index (κ3) is 4.28. The van der Waals surface area contributed by atoms with Gasteiger partial charge in [-0.1, -0.05) is 6.07 Å². The summed E-state index contributed by atoms with van der Waals surface area (Å²) in [4.78, 5) is 25.3. The van der Waals surface area contributed by atoms with Crippen LogP contribution in [0.25, 0.3) is 0 Å². The molecule has 0 spiro atoms. The number of piperazine rings is 1. The van der Waals surface area contributed by atoms with Crippen molar-refractivity contribution in [2.45, 2.75) is 32.4 Å². The third-order valence-electron chi connectivity index (χ3n) is 4.84. The largest absolute Gasteiger partial charge is 0.368 e. The molecule has 1 atom stereocenters. The number of hydrogen-bond acceptors (Lipinski definition) is 4. The Bertz CT molecular complexity index is 620. The van der Waals surface area contributed by atoms with E-state index in [9.17, 15) is 4.79 Å². The number of ether oxygens (including phenoxy) is 1. The molecule has 1 aromatic heterocycles. The maximum atomic E-state index is 12.4. The van der Waals surface area contributed by atoms with Crippen LogP contribution in [0.3, 0.4) is 0 Å². The lowest BCUT2D eigenvalue weighted by molar-refractivity contribution is -0.142. The fourth-order valence-electron chi connectivity index (χ4n) is 3.31. The van der Waals surface area contributed by atoms with Gasteiger partial charge in [0.25, 0.3) is 5.91 Å². The number of rotatable bonds is 3. The molecule has 2 fully saturated rings.